The fourth-order valence-corrected chi connectivity index (χ4v) is 3.40. The average Bonchev–Trinajstić information content (AvgIpc) is 3.04. The topological polar surface area (TPSA) is 46.0 Å². The Kier molecular flexibility index (Phi) is 3.15. The van der Waals surface area contributed by atoms with Crippen molar-refractivity contribution in [2.75, 3.05) is 11.9 Å². The van der Waals surface area contributed by atoms with Crippen LogP contribution in [0.15, 0.2) is 36.9 Å². The molecule has 2 aromatic rings. The lowest BCUT2D eigenvalue weighted by Gasteiger charge is -2.20. The fraction of sp³-hybridized carbons (Fsp3) is 0.500. The molecule has 0 radical (unpaired) electrons. The summed E-state index contributed by atoms with van der Waals surface area (Å²) < 4.78 is 1.93. The third-order valence-corrected chi connectivity index (χ3v) is 4.57. The summed E-state index contributed by atoms with van der Waals surface area (Å²) >= 11 is 0. The summed E-state index contributed by atoms with van der Waals surface area (Å²) in [7, 11) is 0. The van der Waals surface area contributed by atoms with Crippen molar-refractivity contribution in [1.29, 1.82) is 0 Å². The van der Waals surface area contributed by atoms with E-state index in [0.717, 1.165) is 11.7 Å². The molecule has 21 heavy (non-hydrogen) atoms. The second-order valence-electron chi connectivity index (χ2n) is 6.27. The second-order valence-corrected chi connectivity index (χ2v) is 6.27. The zero-order valence-electron chi connectivity index (χ0n) is 12.3. The number of aromatic nitrogens is 3. The Morgan fingerprint density at radius 2 is 2.00 bits per heavy atom. The van der Waals surface area contributed by atoms with Crippen LogP contribution in [0.5, 0.6) is 0 Å². The lowest BCUT2D eigenvalue weighted by Crippen LogP contribution is -2.31. The van der Waals surface area contributed by atoms with Crippen LogP contribution < -0.4 is 5.32 Å². The van der Waals surface area contributed by atoms with Crippen molar-refractivity contribution in [1.82, 2.24) is 19.7 Å². The Hall–Kier alpha value is -1.88. The Balaban J connectivity index is 1.46. The van der Waals surface area contributed by atoms with Crippen LogP contribution in [0, 0.1) is 0 Å². The normalized spacial score (nSPS) is 26.1. The minimum Gasteiger partial charge on any atom is -0.381 e. The van der Waals surface area contributed by atoms with Crippen molar-refractivity contribution in [3.8, 4) is 5.69 Å². The van der Waals surface area contributed by atoms with E-state index in [9.17, 15) is 0 Å². The Morgan fingerprint density at radius 3 is 2.76 bits per heavy atom. The number of hydrogen-bond acceptors (Lipinski definition) is 4. The molecule has 4 rings (SSSR count). The molecule has 1 aromatic carbocycles. The molecule has 5 heteroatoms. The molecule has 1 aromatic heterocycles. The van der Waals surface area contributed by atoms with E-state index in [1.807, 2.05) is 4.57 Å². The summed E-state index contributed by atoms with van der Waals surface area (Å²) in [5.41, 5.74) is 2.27. The summed E-state index contributed by atoms with van der Waals surface area (Å²) in [5.74, 6) is 0. The fourth-order valence-electron chi connectivity index (χ4n) is 3.40. The summed E-state index contributed by atoms with van der Waals surface area (Å²) in [6, 6.07) is 10.6. The lowest BCUT2D eigenvalue weighted by molar-refractivity contribution is 0.257. The standard InChI is InChI=1S/C16H21N5/c1-12-7-14(9-21(12)15-5-6-15)19-13-3-2-4-16(8-13)20-10-17-18-11-20/h2-4,8,10-12,14-15,19H,5-7,9H2,1H3. The predicted octanol–water partition coefficient (Wildman–Crippen LogP) is 2.30. The molecule has 2 atom stereocenters. The number of benzene rings is 1. The molecular formula is C16H21N5. The number of rotatable bonds is 4. The van der Waals surface area contributed by atoms with Crippen LogP contribution in [0.1, 0.15) is 26.2 Å². The number of nitrogens with zero attached hydrogens (tertiary/aromatic N) is 4. The van der Waals surface area contributed by atoms with E-state index >= 15 is 0 Å². The minimum absolute atomic E-state index is 0.553. The summed E-state index contributed by atoms with van der Waals surface area (Å²) in [4.78, 5) is 2.67. The van der Waals surface area contributed by atoms with Crippen LogP contribution in [0.4, 0.5) is 5.69 Å². The maximum Gasteiger partial charge on any atom is 0.123 e. The van der Waals surface area contributed by atoms with Gasteiger partial charge in [-0.2, -0.15) is 0 Å². The highest BCUT2D eigenvalue weighted by molar-refractivity contribution is 5.51. The maximum absolute atomic E-state index is 3.86. The van der Waals surface area contributed by atoms with Crippen molar-refractivity contribution in [2.24, 2.45) is 0 Å². The monoisotopic (exact) mass is 283 g/mol. The zero-order valence-corrected chi connectivity index (χ0v) is 12.3. The number of likely N-dealkylation sites (tertiary alicyclic amines) is 1. The first-order chi connectivity index (χ1) is 10.3. The van der Waals surface area contributed by atoms with Gasteiger partial charge in [0, 0.05) is 30.4 Å². The smallest absolute Gasteiger partial charge is 0.123 e. The Labute approximate surface area is 125 Å². The van der Waals surface area contributed by atoms with Gasteiger partial charge in [-0.3, -0.25) is 9.47 Å². The van der Waals surface area contributed by atoms with Crippen LogP contribution >= 0.6 is 0 Å². The van der Waals surface area contributed by atoms with Crippen molar-refractivity contribution < 1.29 is 0 Å². The molecule has 2 fully saturated rings. The summed E-state index contributed by atoms with van der Waals surface area (Å²) in [6.45, 7) is 3.52. The van der Waals surface area contributed by atoms with Gasteiger partial charge in [0.05, 0.1) is 5.69 Å². The van der Waals surface area contributed by atoms with E-state index in [-0.39, 0.29) is 0 Å². The molecule has 1 aliphatic heterocycles. The highest BCUT2D eigenvalue weighted by Crippen LogP contribution is 2.34. The first-order valence-electron chi connectivity index (χ1n) is 7.77. The van der Waals surface area contributed by atoms with Gasteiger partial charge in [0.25, 0.3) is 0 Å². The molecule has 5 nitrogen and oxygen atoms in total. The third kappa shape index (κ3) is 2.65. The SMILES string of the molecule is CC1CC(Nc2cccc(-n3cnnc3)c2)CN1C1CC1. The molecule has 0 amide bonds. The molecule has 1 saturated carbocycles. The first-order valence-corrected chi connectivity index (χ1v) is 7.77. The molecule has 1 aliphatic carbocycles. The van der Waals surface area contributed by atoms with Gasteiger partial charge >= 0.3 is 0 Å². The first kappa shape index (κ1) is 12.8. The van der Waals surface area contributed by atoms with Crippen LogP contribution in [0.25, 0.3) is 5.69 Å². The van der Waals surface area contributed by atoms with E-state index in [1.54, 1.807) is 12.7 Å². The van der Waals surface area contributed by atoms with Gasteiger partial charge in [-0.15, -0.1) is 10.2 Å². The lowest BCUT2D eigenvalue weighted by atomic mass is 10.2. The molecule has 110 valence electrons. The van der Waals surface area contributed by atoms with E-state index in [0.29, 0.717) is 12.1 Å². The molecule has 2 aliphatic rings. The summed E-state index contributed by atoms with van der Waals surface area (Å²) in [5, 5.41) is 11.4. The largest absolute Gasteiger partial charge is 0.381 e. The zero-order chi connectivity index (χ0) is 14.2. The van der Waals surface area contributed by atoms with Crippen LogP contribution in [-0.2, 0) is 0 Å². The van der Waals surface area contributed by atoms with Crippen molar-refractivity contribution in [2.45, 2.75) is 44.3 Å². The van der Waals surface area contributed by atoms with Gasteiger partial charge < -0.3 is 5.32 Å². The number of anilines is 1. The van der Waals surface area contributed by atoms with E-state index in [2.05, 4.69) is 51.6 Å². The van der Waals surface area contributed by atoms with Crippen molar-refractivity contribution in [3.63, 3.8) is 0 Å². The Morgan fingerprint density at radius 1 is 1.19 bits per heavy atom. The van der Waals surface area contributed by atoms with E-state index in [4.69, 9.17) is 0 Å². The molecule has 0 bridgehead atoms. The summed E-state index contributed by atoms with van der Waals surface area (Å²) in [6.07, 6.45) is 7.46. The van der Waals surface area contributed by atoms with Gasteiger partial charge in [0.1, 0.15) is 12.7 Å². The number of hydrogen-bond donors (Lipinski definition) is 1. The van der Waals surface area contributed by atoms with Crippen LogP contribution in [0.2, 0.25) is 0 Å². The molecule has 0 spiro atoms. The highest BCUT2D eigenvalue weighted by Gasteiger charge is 2.38. The van der Waals surface area contributed by atoms with Gasteiger partial charge in [-0.05, 0) is 44.4 Å². The van der Waals surface area contributed by atoms with Crippen molar-refractivity contribution >= 4 is 5.69 Å². The predicted molar refractivity (Wildman–Crippen MR) is 82.6 cm³/mol. The second kappa shape index (κ2) is 5.15. The van der Waals surface area contributed by atoms with Crippen LogP contribution in [-0.4, -0.2) is 44.3 Å². The van der Waals surface area contributed by atoms with E-state index < -0.39 is 0 Å². The maximum atomic E-state index is 3.86. The quantitative estimate of drug-likeness (QED) is 0.935. The van der Waals surface area contributed by atoms with Gasteiger partial charge in [0.15, 0.2) is 0 Å². The van der Waals surface area contributed by atoms with Crippen LogP contribution in [0.3, 0.4) is 0 Å². The van der Waals surface area contributed by atoms with Crippen molar-refractivity contribution in [3.05, 3.63) is 36.9 Å². The Bertz CT molecular complexity index is 605. The van der Waals surface area contributed by atoms with Gasteiger partial charge in [-0.1, -0.05) is 6.07 Å². The molecule has 1 N–H and O–H groups in total. The van der Waals surface area contributed by atoms with Gasteiger partial charge in [-0.25, -0.2) is 0 Å². The van der Waals surface area contributed by atoms with Gasteiger partial charge in [0.2, 0.25) is 0 Å². The molecule has 2 unspecified atom stereocenters. The average molecular weight is 283 g/mol. The molecular weight excluding hydrogens is 262 g/mol. The molecule has 2 heterocycles. The number of nitrogens with one attached hydrogen (secondary N) is 1. The molecule has 1 saturated heterocycles. The van der Waals surface area contributed by atoms with E-state index in [1.165, 1.54) is 31.5 Å². The highest BCUT2D eigenvalue weighted by atomic mass is 15.3. The minimum atomic E-state index is 0.553. The third-order valence-electron chi connectivity index (χ3n) is 4.57.